The fraction of sp³-hybridized carbons (Fsp3) is 0.373. The molecule has 10 rings (SSSR count). The number of aromatic nitrogens is 3. The summed E-state index contributed by atoms with van der Waals surface area (Å²) in [5.74, 6) is 1.26. The summed E-state index contributed by atoms with van der Waals surface area (Å²) >= 11 is 6.88. The average Bonchev–Trinajstić information content (AvgIpc) is 3.46. The summed E-state index contributed by atoms with van der Waals surface area (Å²) in [6, 6.07) is 28.9. The number of benzene rings is 4. The number of hydrogen-bond donors (Lipinski definition) is 0. The molecule has 15 nitrogen and oxygen atoms in total. The van der Waals surface area contributed by atoms with Gasteiger partial charge in [-0.2, -0.15) is 24.4 Å². The van der Waals surface area contributed by atoms with E-state index in [-0.39, 0.29) is 36.0 Å². The largest absolute Gasteiger partial charge is 0.368 e. The monoisotopic (exact) mass is 1060 g/mol. The predicted molar refractivity (Wildman–Crippen MR) is 296 cm³/mol. The lowest BCUT2D eigenvalue weighted by molar-refractivity contribution is -0.157. The molecule has 6 heterocycles. The molecule has 0 atom stereocenters. The van der Waals surface area contributed by atoms with Crippen molar-refractivity contribution in [3.05, 3.63) is 158 Å². The summed E-state index contributed by atoms with van der Waals surface area (Å²) in [6.45, 7) is 16.2. The lowest BCUT2D eigenvalue weighted by Gasteiger charge is -2.40. The van der Waals surface area contributed by atoms with Gasteiger partial charge >= 0.3 is 6.05 Å². The third-order valence-electron chi connectivity index (χ3n) is 15.7. The SMILES string of the molecule is Cc1cc(C)c(C(=O)N2CCN(c3cccnn3)CC2)cc1CN1CCN(c2nc(-c3ccc(C#N)c(N4CCN(C(=O)c5cc(C(F)(F)N6CCN(c7ccccc7C#N)CC6)c(C)cc5C)CC4)c3)ccc2Cl)CC1. The molecular formula is C59H62ClF2N13O2. The first-order valence-corrected chi connectivity index (χ1v) is 26.7. The van der Waals surface area contributed by atoms with Gasteiger partial charge in [-0.05, 0) is 116 Å². The van der Waals surface area contributed by atoms with Gasteiger partial charge in [0, 0.05) is 140 Å². The van der Waals surface area contributed by atoms with Crippen molar-refractivity contribution in [3.63, 3.8) is 0 Å². The Hall–Kier alpha value is -7.70. The van der Waals surface area contributed by atoms with E-state index in [1.165, 1.54) is 6.07 Å². The van der Waals surface area contributed by atoms with Crippen LogP contribution in [0.3, 0.4) is 0 Å². The number of carbonyl (C=O) groups excluding carboxylic acids is 2. The summed E-state index contributed by atoms with van der Waals surface area (Å²) in [7, 11) is 0. The van der Waals surface area contributed by atoms with Crippen molar-refractivity contribution in [3.8, 4) is 23.4 Å². The van der Waals surface area contributed by atoms with Gasteiger partial charge in [0.2, 0.25) is 0 Å². The first-order chi connectivity index (χ1) is 37.2. The minimum absolute atomic E-state index is 0.0536. The van der Waals surface area contributed by atoms with Gasteiger partial charge in [-0.3, -0.25) is 14.5 Å². The van der Waals surface area contributed by atoms with Gasteiger partial charge in [-0.25, -0.2) is 9.88 Å². The Morgan fingerprint density at radius 3 is 1.83 bits per heavy atom. The highest BCUT2D eigenvalue weighted by molar-refractivity contribution is 6.33. The molecule has 2 aromatic heterocycles. The Balaban J connectivity index is 0.762. The molecule has 4 saturated heterocycles. The highest BCUT2D eigenvalue weighted by atomic mass is 35.5. The third-order valence-corrected chi connectivity index (χ3v) is 16.0. The number of aryl methyl sites for hydroxylation is 4. The van der Waals surface area contributed by atoms with E-state index in [4.69, 9.17) is 16.6 Å². The summed E-state index contributed by atoms with van der Waals surface area (Å²) in [5, 5.41) is 28.7. The molecule has 0 N–H and O–H groups in total. The minimum Gasteiger partial charge on any atom is -0.368 e. The Kier molecular flexibility index (Phi) is 15.4. The third kappa shape index (κ3) is 11.0. The average molecular weight is 1060 g/mol. The molecule has 18 heteroatoms. The first-order valence-electron chi connectivity index (χ1n) is 26.3. The fourth-order valence-electron chi connectivity index (χ4n) is 11.3. The summed E-state index contributed by atoms with van der Waals surface area (Å²) in [6.07, 6.45) is 1.66. The molecule has 4 fully saturated rings. The van der Waals surface area contributed by atoms with E-state index in [1.54, 1.807) is 49.2 Å². The molecule has 0 aliphatic carbocycles. The lowest BCUT2D eigenvalue weighted by atomic mass is 9.96. The number of anilines is 4. The molecule has 4 aliphatic rings. The molecule has 0 radical (unpaired) electrons. The second-order valence-electron chi connectivity index (χ2n) is 20.5. The zero-order valence-corrected chi connectivity index (χ0v) is 44.8. The second-order valence-corrected chi connectivity index (χ2v) is 20.9. The van der Waals surface area contributed by atoms with Crippen LogP contribution in [0.4, 0.5) is 31.8 Å². The number of halogens is 3. The highest BCUT2D eigenvalue weighted by Crippen LogP contribution is 2.38. The van der Waals surface area contributed by atoms with Crippen molar-refractivity contribution >= 4 is 46.4 Å². The van der Waals surface area contributed by atoms with E-state index in [9.17, 15) is 20.1 Å². The number of rotatable bonds is 11. The van der Waals surface area contributed by atoms with Crippen LogP contribution in [0.1, 0.15) is 65.2 Å². The van der Waals surface area contributed by atoms with Crippen molar-refractivity contribution in [2.24, 2.45) is 0 Å². The van der Waals surface area contributed by atoms with Crippen LogP contribution >= 0.6 is 11.6 Å². The maximum atomic E-state index is 16.5. The number of amides is 2. The summed E-state index contributed by atoms with van der Waals surface area (Å²) in [5.41, 5.74) is 9.11. The van der Waals surface area contributed by atoms with E-state index < -0.39 is 6.05 Å². The van der Waals surface area contributed by atoms with Crippen LogP contribution in [0.25, 0.3) is 11.3 Å². The van der Waals surface area contributed by atoms with Gasteiger partial charge in [0.25, 0.3) is 11.8 Å². The van der Waals surface area contributed by atoms with E-state index in [0.29, 0.717) is 124 Å². The maximum absolute atomic E-state index is 16.5. The number of alkyl halides is 2. The van der Waals surface area contributed by atoms with E-state index in [1.807, 2.05) is 65.3 Å². The molecule has 4 aliphatic heterocycles. The number of hydrogen-bond acceptors (Lipinski definition) is 13. The Bertz CT molecular complexity index is 3260. The van der Waals surface area contributed by atoms with Crippen LogP contribution in [0.15, 0.2) is 97.2 Å². The Morgan fingerprint density at radius 1 is 0.597 bits per heavy atom. The van der Waals surface area contributed by atoms with Gasteiger partial charge in [0.15, 0.2) is 5.82 Å². The van der Waals surface area contributed by atoms with Crippen molar-refractivity contribution in [2.75, 3.05) is 124 Å². The summed E-state index contributed by atoms with van der Waals surface area (Å²) < 4.78 is 33.0. The number of piperazine rings is 4. The van der Waals surface area contributed by atoms with Crippen molar-refractivity contribution in [1.82, 2.24) is 34.8 Å². The summed E-state index contributed by atoms with van der Waals surface area (Å²) in [4.78, 5) is 48.9. The fourth-order valence-corrected chi connectivity index (χ4v) is 11.5. The van der Waals surface area contributed by atoms with E-state index in [0.717, 1.165) is 63.0 Å². The van der Waals surface area contributed by atoms with Crippen LogP contribution in [0, 0.1) is 50.4 Å². The van der Waals surface area contributed by atoms with Gasteiger partial charge in [0.1, 0.15) is 18.0 Å². The Labute approximate surface area is 454 Å². The number of nitriles is 2. The minimum atomic E-state index is -3.32. The van der Waals surface area contributed by atoms with E-state index in [2.05, 4.69) is 61.0 Å². The number of carbonyl (C=O) groups is 2. The molecule has 0 unspecified atom stereocenters. The van der Waals surface area contributed by atoms with Crippen molar-refractivity contribution < 1.29 is 18.4 Å². The van der Waals surface area contributed by atoms with Gasteiger partial charge in [0.05, 0.1) is 33.2 Å². The number of pyridine rings is 1. The van der Waals surface area contributed by atoms with Gasteiger partial charge in [-0.1, -0.05) is 41.9 Å². The molecule has 6 aromatic rings. The quantitative estimate of drug-likeness (QED) is 0.115. The molecular weight excluding hydrogens is 996 g/mol. The smallest absolute Gasteiger partial charge is 0.332 e. The molecule has 0 saturated carbocycles. The van der Waals surface area contributed by atoms with Crippen LogP contribution in [-0.2, 0) is 12.6 Å². The zero-order chi connectivity index (χ0) is 54.0. The normalized spacial score (nSPS) is 16.8. The predicted octanol–water partition coefficient (Wildman–Crippen LogP) is 8.29. The van der Waals surface area contributed by atoms with Crippen LogP contribution in [0.2, 0.25) is 5.02 Å². The molecule has 77 heavy (non-hydrogen) atoms. The van der Waals surface area contributed by atoms with Crippen LogP contribution < -0.4 is 19.6 Å². The van der Waals surface area contributed by atoms with E-state index >= 15 is 8.78 Å². The topological polar surface area (TPSA) is 146 Å². The lowest BCUT2D eigenvalue weighted by Crippen LogP contribution is -2.52. The second kappa shape index (κ2) is 22.5. The standard InChI is InChI=1S/C59H62ClF2N13O2/c1-40-32-41(2)48(57(76)74-26-22-71(23-27-74)55-10-7-15-65-67-55)34-47(40)39-68-16-18-72(19-17-68)56-51(60)13-14-52(66-56)44-11-12-46(38-64)54(35-44)70-20-24-73(25-21-70)58(77)49-36-50(43(4)33-42(49)3)59(61,62)75-30-28-69(29-31-75)53-9-6-5-8-45(53)37-63/h5-15,32-36H,16-31,39H2,1-4H3. The van der Waals surface area contributed by atoms with Crippen LogP contribution in [-0.4, -0.2) is 151 Å². The van der Waals surface area contributed by atoms with Gasteiger partial charge in [-0.15, -0.1) is 5.10 Å². The number of nitrogens with zero attached hydrogens (tertiary/aromatic N) is 13. The first kappa shape index (κ1) is 52.7. The Morgan fingerprint density at radius 2 is 1.18 bits per heavy atom. The highest BCUT2D eigenvalue weighted by Gasteiger charge is 2.43. The van der Waals surface area contributed by atoms with Gasteiger partial charge < -0.3 is 29.4 Å². The molecule has 4 aromatic carbocycles. The maximum Gasteiger partial charge on any atom is 0.332 e. The molecule has 2 amide bonds. The molecule has 0 bridgehead atoms. The zero-order valence-electron chi connectivity index (χ0n) is 44.0. The van der Waals surface area contributed by atoms with Crippen LogP contribution in [0.5, 0.6) is 0 Å². The number of para-hydroxylation sites is 1. The molecule has 396 valence electrons. The van der Waals surface area contributed by atoms with Crippen molar-refractivity contribution in [1.29, 1.82) is 10.5 Å². The molecule has 0 spiro atoms. The van der Waals surface area contributed by atoms with Crippen molar-refractivity contribution in [2.45, 2.75) is 40.3 Å².